The standard InChI is InChI=1S/C27H25NO2/c1-30-26-19-23-15-9-8-14-22(23)18-25(26)27(29)28-17-16-24(20-10-4-2-5-11-20)21-12-6-3-7-13-21/h2-15,18-19,24H,16-17H2,1H3,(H,28,29). The molecule has 0 fully saturated rings. The van der Waals surface area contributed by atoms with Crippen molar-refractivity contribution in [2.45, 2.75) is 12.3 Å². The van der Waals surface area contributed by atoms with Crippen LogP contribution in [-0.2, 0) is 0 Å². The minimum absolute atomic E-state index is 0.113. The average Bonchev–Trinajstić information content (AvgIpc) is 2.82. The summed E-state index contributed by atoms with van der Waals surface area (Å²) in [5.41, 5.74) is 3.06. The molecule has 0 heterocycles. The SMILES string of the molecule is COc1cc2ccccc2cc1C(=O)NCCC(c1ccccc1)c1ccccc1. The number of fused-ring (bicyclic) bond motifs is 1. The lowest BCUT2D eigenvalue weighted by Gasteiger charge is -2.19. The Balaban J connectivity index is 1.51. The van der Waals surface area contributed by atoms with Crippen molar-refractivity contribution < 1.29 is 9.53 Å². The van der Waals surface area contributed by atoms with E-state index < -0.39 is 0 Å². The molecule has 0 saturated heterocycles. The molecule has 0 radical (unpaired) electrons. The second kappa shape index (κ2) is 9.27. The van der Waals surface area contributed by atoms with Crippen molar-refractivity contribution in [3.8, 4) is 5.75 Å². The molecule has 4 aromatic carbocycles. The maximum atomic E-state index is 12.9. The van der Waals surface area contributed by atoms with E-state index in [-0.39, 0.29) is 11.8 Å². The summed E-state index contributed by atoms with van der Waals surface area (Å²) in [6.45, 7) is 0.573. The number of amides is 1. The highest BCUT2D eigenvalue weighted by Crippen LogP contribution is 2.28. The number of nitrogens with one attached hydrogen (secondary N) is 1. The molecule has 0 aliphatic rings. The van der Waals surface area contributed by atoms with Crippen LogP contribution in [-0.4, -0.2) is 19.6 Å². The number of carbonyl (C=O) groups excluding carboxylic acids is 1. The van der Waals surface area contributed by atoms with Crippen molar-refractivity contribution >= 4 is 16.7 Å². The fourth-order valence-corrected chi connectivity index (χ4v) is 3.89. The first-order chi connectivity index (χ1) is 14.8. The number of ether oxygens (including phenoxy) is 1. The second-order valence-corrected chi connectivity index (χ2v) is 7.32. The van der Waals surface area contributed by atoms with Gasteiger partial charge in [0, 0.05) is 12.5 Å². The van der Waals surface area contributed by atoms with E-state index in [9.17, 15) is 4.79 Å². The molecular formula is C27H25NO2. The Morgan fingerprint density at radius 1 is 0.800 bits per heavy atom. The van der Waals surface area contributed by atoms with Crippen LogP contribution in [0.25, 0.3) is 10.8 Å². The molecule has 1 N–H and O–H groups in total. The van der Waals surface area contributed by atoms with Crippen molar-refractivity contribution in [3.63, 3.8) is 0 Å². The van der Waals surface area contributed by atoms with E-state index in [1.165, 1.54) is 11.1 Å². The summed E-state index contributed by atoms with van der Waals surface area (Å²) in [5.74, 6) is 0.706. The van der Waals surface area contributed by atoms with Crippen molar-refractivity contribution in [3.05, 3.63) is 114 Å². The highest BCUT2D eigenvalue weighted by Gasteiger charge is 2.16. The van der Waals surface area contributed by atoms with Crippen LogP contribution in [0.4, 0.5) is 0 Å². The van der Waals surface area contributed by atoms with E-state index in [1.54, 1.807) is 7.11 Å². The molecule has 0 aliphatic heterocycles. The molecule has 30 heavy (non-hydrogen) atoms. The number of hydrogen-bond acceptors (Lipinski definition) is 2. The summed E-state index contributed by atoms with van der Waals surface area (Å²) in [6.07, 6.45) is 0.815. The van der Waals surface area contributed by atoms with E-state index in [2.05, 4.69) is 53.8 Å². The fraction of sp³-hybridized carbons (Fsp3) is 0.148. The van der Waals surface area contributed by atoms with Gasteiger partial charge in [0.25, 0.3) is 5.91 Å². The molecule has 0 aliphatic carbocycles. The normalized spacial score (nSPS) is 10.9. The number of carbonyl (C=O) groups is 1. The smallest absolute Gasteiger partial charge is 0.255 e. The number of hydrogen-bond donors (Lipinski definition) is 1. The van der Waals surface area contributed by atoms with Crippen LogP contribution in [0.1, 0.15) is 33.8 Å². The lowest BCUT2D eigenvalue weighted by molar-refractivity contribution is 0.0950. The molecule has 3 nitrogen and oxygen atoms in total. The Labute approximate surface area is 177 Å². The van der Waals surface area contributed by atoms with Crippen LogP contribution < -0.4 is 10.1 Å². The van der Waals surface area contributed by atoms with Gasteiger partial charge >= 0.3 is 0 Å². The minimum Gasteiger partial charge on any atom is -0.496 e. The fourth-order valence-electron chi connectivity index (χ4n) is 3.89. The van der Waals surface area contributed by atoms with Crippen LogP contribution in [0, 0.1) is 0 Å². The summed E-state index contributed by atoms with van der Waals surface area (Å²) in [5, 5.41) is 5.17. The third kappa shape index (κ3) is 4.36. The first kappa shape index (κ1) is 19.7. The number of rotatable bonds is 7. The molecule has 1 amide bonds. The highest BCUT2D eigenvalue weighted by molar-refractivity contribution is 6.01. The van der Waals surface area contributed by atoms with E-state index >= 15 is 0 Å². The Morgan fingerprint density at radius 3 is 1.90 bits per heavy atom. The zero-order valence-electron chi connectivity index (χ0n) is 17.0. The molecule has 0 spiro atoms. The molecular weight excluding hydrogens is 370 g/mol. The van der Waals surface area contributed by atoms with Crippen molar-refractivity contribution in [2.75, 3.05) is 13.7 Å². The molecule has 0 bridgehead atoms. The monoisotopic (exact) mass is 395 g/mol. The van der Waals surface area contributed by atoms with Crippen LogP contribution in [0.5, 0.6) is 5.75 Å². The lowest BCUT2D eigenvalue weighted by Crippen LogP contribution is -2.26. The van der Waals surface area contributed by atoms with Gasteiger partial charge in [-0.3, -0.25) is 4.79 Å². The van der Waals surface area contributed by atoms with Gasteiger partial charge in [0.2, 0.25) is 0 Å². The summed E-state index contributed by atoms with van der Waals surface area (Å²) >= 11 is 0. The van der Waals surface area contributed by atoms with Gasteiger partial charge in [-0.05, 0) is 40.5 Å². The first-order valence-corrected chi connectivity index (χ1v) is 10.2. The summed E-state index contributed by atoms with van der Waals surface area (Å²) in [4.78, 5) is 12.9. The maximum absolute atomic E-state index is 12.9. The lowest BCUT2D eigenvalue weighted by atomic mass is 9.88. The molecule has 0 unspecified atom stereocenters. The summed E-state index contributed by atoms with van der Waals surface area (Å²) in [7, 11) is 1.60. The van der Waals surface area contributed by atoms with Gasteiger partial charge in [-0.15, -0.1) is 0 Å². The largest absolute Gasteiger partial charge is 0.496 e. The van der Waals surface area contributed by atoms with E-state index in [1.807, 2.05) is 48.5 Å². The Bertz CT molecular complexity index is 1080. The van der Waals surface area contributed by atoms with Gasteiger partial charge in [0.15, 0.2) is 0 Å². The van der Waals surface area contributed by atoms with E-state index in [0.29, 0.717) is 17.9 Å². The zero-order valence-corrected chi connectivity index (χ0v) is 17.0. The zero-order chi connectivity index (χ0) is 20.8. The van der Waals surface area contributed by atoms with Gasteiger partial charge in [-0.25, -0.2) is 0 Å². The van der Waals surface area contributed by atoms with Crippen LogP contribution in [0.2, 0.25) is 0 Å². The molecule has 0 atom stereocenters. The second-order valence-electron chi connectivity index (χ2n) is 7.32. The molecule has 4 aromatic rings. The minimum atomic E-state index is -0.113. The number of methoxy groups -OCH3 is 1. The Kier molecular flexibility index (Phi) is 6.09. The van der Waals surface area contributed by atoms with Gasteiger partial charge < -0.3 is 10.1 Å². The van der Waals surface area contributed by atoms with Gasteiger partial charge in [-0.2, -0.15) is 0 Å². The third-order valence-corrected chi connectivity index (χ3v) is 5.43. The van der Waals surface area contributed by atoms with Gasteiger partial charge in [-0.1, -0.05) is 84.9 Å². The van der Waals surface area contributed by atoms with Crippen LogP contribution in [0.3, 0.4) is 0 Å². The van der Waals surface area contributed by atoms with Crippen molar-refractivity contribution in [1.29, 1.82) is 0 Å². The van der Waals surface area contributed by atoms with Gasteiger partial charge in [0.05, 0.1) is 12.7 Å². The number of benzene rings is 4. The predicted molar refractivity (Wildman–Crippen MR) is 122 cm³/mol. The first-order valence-electron chi connectivity index (χ1n) is 10.2. The Morgan fingerprint density at radius 2 is 1.33 bits per heavy atom. The van der Waals surface area contributed by atoms with Crippen LogP contribution in [0.15, 0.2) is 97.1 Å². The average molecular weight is 396 g/mol. The topological polar surface area (TPSA) is 38.3 Å². The van der Waals surface area contributed by atoms with Crippen LogP contribution >= 0.6 is 0 Å². The maximum Gasteiger partial charge on any atom is 0.255 e. The summed E-state index contributed by atoms with van der Waals surface area (Å²) in [6, 6.07) is 32.7. The third-order valence-electron chi connectivity index (χ3n) is 5.43. The van der Waals surface area contributed by atoms with E-state index in [4.69, 9.17) is 4.74 Å². The molecule has 4 rings (SSSR count). The highest BCUT2D eigenvalue weighted by atomic mass is 16.5. The Hall–Kier alpha value is -3.59. The molecule has 150 valence electrons. The quantitative estimate of drug-likeness (QED) is 0.429. The van der Waals surface area contributed by atoms with E-state index in [0.717, 1.165) is 17.2 Å². The summed E-state index contributed by atoms with van der Waals surface area (Å²) < 4.78 is 5.48. The molecule has 0 saturated carbocycles. The molecule has 0 aromatic heterocycles. The van der Waals surface area contributed by atoms with Crippen molar-refractivity contribution in [1.82, 2.24) is 5.32 Å². The predicted octanol–water partition coefficient (Wildman–Crippen LogP) is 5.80. The molecule has 3 heteroatoms. The van der Waals surface area contributed by atoms with Gasteiger partial charge in [0.1, 0.15) is 5.75 Å². The van der Waals surface area contributed by atoms with Crippen molar-refractivity contribution in [2.24, 2.45) is 0 Å².